The van der Waals surface area contributed by atoms with Crippen LogP contribution in [-0.2, 0) is 18.4 Å². The molecule has 0 rings (SSSR count). The monoisotopic (exact) mass is 1150 g/mol. The number of aliphatic hydroxyl groups excluding tert-OH is 1. The molecule has 9 heteroatoms. The van der Waals surface area contributed by atoms with Crippen molar-refractivity contribution in [3.8, 4) is 0 Å². The van der Waals surface area contributed by atoms with E-state index in [4.69, 9.17) is 9.05 Å². The molecule has 0 aromatic rings. The first-order valence-electron chi connectivity index (χ1n) is 35.0. The van der Waals surface area contributed by atoms with Gasteiger partial charge in [-0.05, 0) is 70.6 Å². The van der Waals surface area contributed by atoms with Crippen LogP contribution in [0.5, 0.6) is 0 Å². The normalized spacial score (nSPS) is 13.9. The zero-order valence-corrected chi connectivity index (χ0v) is 55.0. The van der Waals surface area contributed by atoms with Gasteiger partial charge in [-0.3, -0.25) is 13.8 Å². The van der Waals surface area contributed by atoms with Crippen LogP contribution in [0.1, 0.15) is 348 Å². The Morgan fingerprint density at radius 3 is 1.00 bits per heavy atom. The number of carbonyl (C=O) groups excluding carboxylic acids is 1. The van der Waals surface area contributed by atoms with Gasteiger partial charge < -0.3 is 19.8 Å². The predicted molar refractivity (Wildman–Crippen MR) is 351 cm³/mol. The topological polar surface area (TPSA) is 105 Å². The van der Waals surface area contributed by atoms with Gasteiger partial charge in [0.05, 0.1) is 39.9 Å². The van der Waals surface area contributed by atoms with Crippen molar-refractivity contribution >= 4 is 13.7 Å². The van der Waals surface area contributed by atoms with Crippen molar-refractivity contribution in [2.24, 2.45) is 0 Å². The van der Waals surface area contributed by atoms with Gasteiger partial charge in [-0.2, -0.15) is 0 Å². The maximum absolute atomic E-state index is 13.0. The molecule has 0 aliphatic carbocycles. The van der Waals surface area contributed by atoms with Crippen LogP contribution >= 0.6 is 7.82 Å². The van der Waals surface area contributed by atoms with Crippen molar-refractivity contribution in [1.82, 2.24) is 5.32 Å². The summed E-state index contributed by atoms with van der Waals surface area (Å²) >= 11 is 0. The van der Waals surface area contributed by atoms with Crippen molar-refractivity contribution in [3.05, 3.63) is 48.6 Å². The van der Waals surface area contributed by atoms with Gasteiger partial charge in [0, 0.05) is 6.42 Å². The molecule has 0 saturated heterocycles. The zero-order chi connectivity index (χ0) is 58.4. The highest BCUT2D eigenvalue weighted by Crippen LogP contribution is 2.43. The molecular formula is C71H138N2O6P+. The number of phosphoric acid groups is 1. The summed E-state index contributed by atoms with van der Waals surface area (Å²) in [5.41, 5.74) is 0. The average Bonchev–Trinajstić information content (AvgIpc) is 3.42. The molecule has 0 heterocycles. The zero-order valence-electron chi connectivity index (χ0n) is 54.1. The van der Waals surface area contributed by atoms with E-state index in [0.29, 0.717) is 17.4 Å². The molecule has 3 atom stereocenters. The first kappa shape index (κ1) is 78.5. The quantitative estimate of drug-likeness (QED) is 0.0243. The Morgan fingerprint density at radius 2 is 0.688 bits per heavy atom. The molecule has 0 fully saturated rings. The van der Waals surface area contributed by atoms with Crippen LogP contribution in [0.4, 0.5) is 0 Å². The van der Waals surface area contributed by atoms with E-state index in [1.54, 1.807) is 6.08 Å². The third kappa shape index (κ3) is 64.0. The number of hydrogen-bond donors (Lipinski definition) is 3. The molecule has 0 spiro atoms. The number of rotatable bonds is 65. The second-order valence-corrected chi connectivity index (χ2v) is 26.7. The van der Waals surface area contributed by atoms with Gasteiger partial charge in [0.15, 0.2) is 0 Å². The van der Waals surface area contributed by atoms with Gasteiger partial charge in [0.1, 0.15) is 13.2 Å². The summed E-state index contributed by atoms with van der Waals surface area (Å²) in [6.07, 6.45) is 84.2. The largest absolute Gasteiger partial charge is 0.472 e. The molecule has 1 amide bonds. The smallest absolute Gasteiger partial charge is 0.387 e. The first-order chi connectivity index (χ1) is 39.0. The molecule has 0 aliphatic heterocycles. The van der Waals surface area contributed by atoms with Gasteiger partial charge in [-0.1, -0.05) is 319 Å². The Hall–Kier alpha value is -1.54. The third-order valence-corrected chi connectivity index (χ3v) is 17.0. The summed E-state index contributed by atoms with van der Waals surface area (Å²) in [6.45, 7) is 4.84. The molecular weight excluding hydrogens is 1010 g/mol. The highest BCUT2D eigenvalue weighted by Gasteiger charge is 2.28. The van der Waals surface area contributed by atoms with Crippen molar-refractivity contribution in [1.29, 1.82) is 0 Å². The summed E-state index contributed by atoms with van der Waals surface area (Å²) in [5.74, 6) is -0.185. The van der Waals surface area contributed by atoms with Crippen molar-refractivity contribution in [2.75, 3.05) is 40.9 Å². The number of nitrogens with one attached hydrogen (secondary N) is 1. The number of amides is 1. The molecule has 8 nitrogen and oxygen atoms in total. The lowest BCUT2D eigenvalue weighted by atomic mass is 10.0. The van der Waals surface area contributed by atoms with Gasteiger partial charge in [0.2, 0.25) is 5.91 Å². The Balaban J connectivity index is 4.06. The number of allylic oxidation sites excluding steroid dienone is 7. The van der Waals surface area contributed by atoms with E-state index in [-0.39, 0.29) is 19.1 Å². The number of quaternary nitrogens is 1. The van der Waals surface area contributed by atoms with Gasteiger partial charge in [-0.15, -0.1) is 0 Å². The highest BCUT2D eigenvalue weighted by atomic mass is 31.2. The lowest BCUT2D eigenvalue weighted by Gasteiger charge is -2.25. The standard InChI is InChI=1S/C71H137N2O6P/c1-6-8-10-12-14-16-18-20-22-24-26-28-30-31-32-33-34-35-36-37-38-39-40-41-43-45-47-49-51-53-55-57-59-61-63-65-71(75)72-69(68-79-80(76,77)78-67-66-73(3,4)5)70(74)64-62-60-58-56-54-52-50-48-46-44-42-29-27-25-23-21-19-17-15-13-11-9-7-2/h33-34,46,48,54,56,62,64,69-70,74H,6-32,35-45,47,49-53,55,57-61,63,65-68H2,1-5H3,(H-,72,75,76,77)/p+1/b34-33-,48-46+,56-54+,64-62+. The SMILES string of the molecule is CCCCCCCCCCCCCCC/C=C/CC/C=C/CC/C=C/C(O)C(COP(=O)(O)OCC[N+](C)(C)C)NC(=O)CCCCCCCCCCCCCCCCCCC/C=C\CCCCCCCCCCCCCCCC. The second kappa shape index (κ2) is 62.0. The van der Waals surface area contributed by atoms with Crippen LogP contribution in [0.2, 0.25) is 0 Å². The van der Waals surface area contributed by atoms with Gasteiger partial charge in [-0.25, -0.2) is 4.57 Å². The fraction of sp³-hybridized carbons (Fsp3) is 0.873. The van der Waals surface area contributed by atoms with Crippen LogP contribution in [0, 0.1) is 0 Å². The molecule has 3 unspecified atom stereocenters. The Labute approximate surface area is 499 Å². The molecule has 80 heavy (non-hydrogen) atoms. The number of hydrogen-bond acceptors (Lipinski definition) is 5. The van der Waals surface area contributed by atoms with E-state index in [1.165, 1.54) is 283 Å². The number of unbranched alkanes of at least 4 members (excludes halogenated alkanes) is 46. The number of phosphoric ester groups is 1. The van der Waals surface area contributed by atoms with Crippen LogP contribution in [0.15, 0.2) is 48.6 Å². The number of likely N-dealkylation sites (N-methyl/N-ethyl adjacent to an activating group) is 1. The number of aliphatic hydroxyl groups is 1. The van der Waals surface area contributed by atoms with E-state index in [0.717, 1.165) is 44.9 Å². The van der Waals surface area contributed by atoms with E-state index in [1.807, 2.05) is 27.2 Å². The minimum Gasteiger partial charge on any atom is -0.387 e. The van der Waals surface area contributed by atoms with E-state index in [9.17, 15) is 19.4 Å². The lowest BCUT2D eigenvalue weighted by molar-refractivity contribution is -0.870. The van der Waals surface area contributed by atoms with E-state index < -0.39 is 20.0 Å². The van der Waals surface area contributed by atoms with E-state index >= 15 is 0 Å². The van der Waals surface area contributed by atoms with E-state index in [2.05, 4.69) is 55.6 Å². The minimum absolute atomic E-state index is 0.0541. The molecule has 0 aliphatic rings. The van der Waals surface area contributed by atoms with Crippen LogP contribution in [0.25, 0.3) is 0 Å². The van der Waals surface area contributed by atoms with Gasteiger partial charge in [0.25, 0.3) is 0 Å². The predicted octanol–water partition coefficient (Wildman–Crippen LogP) is 22.2. The maximum atomic E-state index is 13.0. The number of nitrogens with zero attached hydrogens (tertiary/aromatic N) is 1. The fourth-order valence-electron chi connectivity index (χ4n) is 10.5. The van der Waals surface area contributed by atoms with Crippen molar-refractivity contribution in [2.45, 2.75) is 360 Å². The third-order valence-electron chi connectivity index (χ3n) is 16.0. The summed E-state index contributed by atoms with van der Waals surface area (Å²) in [6, 6.07) is -0.871. The van der Waals surface area contributed by atoms with Gasteiger partial charge >= 0.3 is 7.82 Å². The summed E-state index contributed by atoms with van der Waals surface area (Å²) < 4.78 is 23.8. The highest BCUT2D eigenvalue weighted by molar-refractivity contribution is 7.47. The molecule has 0 radical (unpaired) electrons. The molecule has 0 aromatic carbocycles. The lowest BCUT2D eigenvalue weighted by Crippen LogP contribution is -2.45. The number of carbonyl (C=O) groups is 1. The van der Waals surface area contributed by atoms with Crippen LogP contribution < -0.4 is 5.32 Å². The fourth-order valence-corrected chi connectivity index (χ4v) is 11.3. The molecule has 0 saturated carbocycles. The Bertz CT molecular complexity index is 1440. The summed E-state index contributed by atoms with van der Waals surface area (Å²) in [4.78, 5) is 23.4. The van der Waals surface area contributed by atoms with Crippen LogP contribution in [-0.4, -0.2) is 73.4 Å². The minimum atomic E-state index is -4.36. The van der Waals surface area contributed by atoms with Crippen LogP contribution in [0.3, 0.4) is 0 Å². The first-order valence-corrected chi connectivity index (χ1v) is 36.5. The van der Waals surface area contributed by atoms with Crippen molar-refractivity contribution in [3.63, 3.8) is 0 Å². The van der Waals surface area contributed by atoms with Crippen molar-refractivity contribution < 1.29 is 32.9 Å². The Kier molecular flexibility index (Phi) is 60.8. The molecule has 0 aromatic heterocycles. The maximum Gasteiger partial charge on any atom is 0.472 e. The average molecular weight is 1150 g/mol. The molecule has 3 N–H and O–H groups in total. The summed E-state index contributed by atoms with van der Waals surface area (Å²) in [5, 5.41) is 14.0. The molecule has 0 bridgehead atoms. The Morgan fingerprint density at radius 1 is 0.412 bits per heavy atom. The summed E-state index contributed by atoms with van der Waals surface area (Å²) in [7, 11) is 1.56. The second-order valence-electron chi connectivity index (χ2n) is 25.2. The molecule has 472 valence electrons.